The maximum atomic E-state index is 6.10. The van der Waals surface area contributed by atoms with Crippen LogP contribution < -0.4 is 22.5 Å². The first kappa shape index (κ1) is 18.2. The Bertz CT molecular complexity index is 934. The second-order valence-corrected chi connectivity index (χ2v) is 6.69. The number of fused-ring (bicyclic) bond motifs is 1. The van der Waals surface area contributed by atoms with Crippen molar-refractivity contribution in [3.05, 3.63) is 34.6 Å². The smallest absolute Gasteiger partial charge is 0.226 e. The molecule has 138 valence electrons. The minimum Gasteiger partial charge on any atom is -0.398 e. The first-order chi connectivity index (χ1) is 12.4. The fourth-order valence-corrected chi connectivity index (χ4v) is 2.96. The van der Waals surface area contributed by atoms with Gasteiger partial charge in [-0.1, -0.05) is 11.6 Å². The van der Waals surface area contributed by atoms with Gasteiger partial charge in [-0.05, 0) is 37.6 Å². The lowest BCUT2D eigenvalue weighted by atomic mass is 10.1. The molecule has 9 heteroatoms. The second kappa shape index (κ2) is 7.35. The van der Waals surface area contributed by atoms with Crippen LogP contribution in [0, 0.1) is 0 Å². The molecule has 0 amide bonds. The van der Waals surface area contributed by atoms with E-state index in [4.69, 9.17) is 28.8 Å². The Kier molecular flexibility index (Phi) is 5.15. The highest BCUT2D eigenvalue weighted by Crippen LogP contribution is 2.25. The molecule has 3 aromatic rings. The van der Waals surface area contributed by atoms with Gasteiger partial charge in [-0.15, -0.1) is 0 Å². The normalized spacial score (nSPS) is 12.5. The molecule has 0 aliphatic heterocycles. The van der Waals surface area contributed by atoms with Crippen molar-refractivity contribution in [2.75, 3.05) is 23.3 Å². The van der Waals surface area contributed by atoms with Gasteiger partial charge in [0, 0.05) is 36.3 Å². The fraction of sp³-hybridized carbons (Fsp3) is 0.353. The third-order valence-electron chi connectivity index (χ3n) is 4.05. The van der Waals surface area contributed by atoms with Crippen molar-refractivity contribution in [1.29, 1.82) is 0 Å². The summed E-state index contributed by atoms with van der Waals surface area (Å²) in [6.07, 6.45) is 0.526. The van der Waals surface area contributed by atoms with Crippen molar-refractivity contribution in [3.63, 3.8) is 0 Å². The summed E-state index contributed by atoms with van der Waals surface area (Å²) < 4.78 is 2.00. The van der Waals surface area contributed by atoms with Gasteiger partial charge in [-0.3, -0.25) is 0 Å². The van der Waals surface area contributed by atoms with Gasteiger partial charge >= 0.3 is 0 Å². The standard InChI is InChI=1S/C17H23ClN8/c1-3-26-13(7-10-6-11(18)4-5-12(10)20)23-14-15(21)24-17(25-16(14)26)22-8-9(2)19/h4-6,9H,3,7-8,19-20H2,1-2H3,(H3,21,22,24,25). The number of hydrogen-bond donors (Lipinski definition) is 4. The summed E-state index contributed by atoms with van der Waals surface area (Å²) in [5.74, 6) is 1.58. The van der Waals surface area contributed by atoms with Crippen LogP contribution in [0.4, 0.5) is 17.5 Å². The largest absolute Gasteiger partial charge is 0.398 e. The molecule has 2 heterocycles. The van der Waals surface area contributed by atoms with Gasteiger partial charge in [-0.2, -0.15) is 9.97 Å². The lowest BCUT2D eigenvalue weighted by Crippen LogP contribution is -2.26. The van der Waals surface area contributed by atoms with Crippen LogP contribution in [0.25, 0.3) is 11.2 Å². The monoisotopic (exact) mass is 374 g/mol. The Morgan fingerprint density at radius 1 is 1.23 bits per heavy atom. The number of aryl methyl sites for hydroxylation is 1. The molecule has 0 aliphatic rings. The Morgan fingerprint density at radius 3 is 2.69 bits per heavy atom. The zero-order valence-corrected chi connectivity index (χ0v) is 15.6. The summed E-state index contributed by atoms with van der Waals surface area (Å²) in [6, 6.07) is 5.39. The molecule has 2 aromatic heterocycles. The molecule has 0 bridgehead atoms. The highest BCUT2D eigenvalue weighted by atomic mass is 35.5. The topological polar surface area (TPSA) is 134 Å². The van der Waals surface area contributed by atoms with Crippen molar-refractivity contribution in [2.45, 2.75) is 32.9 Å². The van der Waals surface area contributed by atoms with E-state index >= 15 is 0 Å². The SMILES string of the molecule is CCn1c(Cc2cc(Cl)ccc2N)nc2c(N)nc(NCC(C)N)nc21. The van der Waals surface area contributed by atoms with Crippen LogP contribution in [0.15, 0.2) is 18.2 Å². The third-order valence-corrected chi connectivity index (χ3v) is 4.29. The van der Waals surface area contributed by atoms with Crippen LogP contribution in [-0.2, 0) is 13.0 Å². The number of nitrogen functional groups attached to an aromatic ring is 2. The molecule has 1 atom stereocenters. The van der Waals surface area contributed by atoms with E-state index in [1.54, 1.807) is 12.1 Å². The number of aromatic nitrogens is 4. The highest BCUT2D eigenvalue weighted by molar-refractivity contribution is 6.30. The second-order valence-electron chi connectivity index (χ2n) is 6.26. The lowest BCUT2D eigenvalue weighted by Gasteiger charge is -2.10. The number of nitrogens with one attached hydrogen (secondary N) is 1. The number of nitrogens with zero attached hydrogens (tertiary/aromatic N) is 4. The summed E-state index contributed by atoms with van der Waals surface area (Å²) in [5, 5.41) is 3.73. The molecule has 1 aromatic carbocycles. The van der Waals surface area contributed by atoms with Crippen molar-refractivity contribution < 1.29 is 0 Å². The molecule has 0 fully saturated rings. The van der Waals surface area contributed by atoms with Gasteiger partial charge in [0.05, 0.1) is 0 Å². The first-order valence-corrected chi connectivity index (χ1v) is 8.82. The minimum absolute atomic E-state index is 0.0204. The van der Waals surface area contributed by atoms with Crippen LogP contribution in [-0.4, -0.2) is 32.1 Å². The Hall–Kier alpha value is -2.58. The average Bonchev–Trinajstić information content (AvgIpc) is 2.94. The van der Waals surface area contributed by atoms with E-state index in [2.05, 4.69) is 20.3 Å². The van der Waals surface area contributed by atoms with Gasteiger partial charge in [0.1, 0.15) is 5.82 Å². The van der Waals surface area contributed by atoms with Crippen LogP contribution >= 0.6 is 11.6 Å². The summed E-state index contributed by atoms with van der Waals surface area (Å²) in [5.41, 5.74) is 20.8. The van der Waals surface area contributed by atoms with E-state index in [1.165, 1.54) is 0 Å². The highest BCUT2D eigenvalue weighted by Gasteiger charge is 2.17. The number of hydrogen-bond acceptors (Lipinski definition) is 7. The summed E-state index contributed by atoms with van der Waals surface area (Å²) in [6.45, 7) is 5.17. The van der Waals surface area contributed by atoms with Crippen LogP contribution in [0.5, 0.6) is 0 Å². The van der Waals surface area contributed by atoms with E-state index < -0.39 is 0 Å². The average molecular weight is 375 g/mol. The van der Waals surface area contributed by atoms with Crippen LogP contribution in [0.1, 0.15) is 25.2 Å². The molecule has 8 nitrogen and oxygen atoms in total. The zero-order chi connectivity index (χ0) is 18.8. The number of anilines is 3. The van der Waals surface area contributed by atoms with Crippen LogP contribution in [0.2, 0.25) is 5.02 Å². The Balaban J connectivity index is 2.03. The number of benzene rings is 1. The Morgan fingerprint density at radius 2 is 2.00 bits per heavy atom. The van der Waals surface area contributed by atoms with Crippen molar-refractivity contribution in [2.24, 2.45) is 5.73 Å². The summed E-state index contributed by atoms with van der Waals surface area (Å²) in [4.78, 5) is 13.5. The Labute approximate surface area is 156 Å². The predicted octanol–water partition coefficient (Wildman–Crippen LogP) is 2.01. The van der Waals surface area contributed by atoms with Crippen molar-refractivity contribution in [1.82, 2.24) is 19.5 Å². The summed E-state index contributed by atoms with van der Waals surface area (Å²) in [7, 11) is 0. The van der Waals surface area contributed by atoms with E-state index in [1.807, 2.05) is 24.5 Å². The fourth-order valence-electron chi connectivity index (χ4n) is 2.76. The number of nitrogens with two attached hydrogens (primary N) is 3. The van der Waals surface area contributed by atoms with Gasteiger partial charge in [0.2, 0.25) is 5.95 Å². The van der Waals surface area contributed by atoms with Gasteiger partial charge in [0.25, 0.3) is 0 Å². The molecular formula is C17H23ClN8. The van der Waals surface area contributed by atoms with E-state index in [9.17, 15) is 0 Å². The summed E-state index contributed by atoms with van der Waals surface area (Å²) >= 11 is 6.10. The number of rotatable bonds is 6. The molecule has 1 unspecified atom stereocenters. The van der Waals surface area contributed by atoms with E-state index in [-0.39, 0.29) is 6.04 Å². The zero-order valence-electron chi connectivity index (χ0n) is 14.8. The minimum atomic E-state index is -0.0204. The van der Waals surface area contributed by atoms with E-state index in [0.29, 0.717) is 53.2 Å². The molecule has 0 aliphatic carbocycles. The van der Waals surface area contributed by atoms with Crippen molar-refractivity contribution >= 4 is 40.2 Å². The predicted molar refractivity (Wildman–Crippen MR) is 106 cm³/mol. The third kappa shape index (κ3) is 3.66. The molecule has 26 heavy (non-hydrogen) atoms. The molecule has 7 N–H and O–H groups in total. The molecule has 0 saturated carbocycles. The maximum absolute atomic E-state index is 6.10. The lowest BCUT2D eigenvalue weighted by molar-refractivity contribution is 0.726. The number of imidazole rings is 1. The van der Waals surface area contributed by atoms with Gasteiger partial charge in [0.15, 0.2) is 17.0 Å². The molecular weight excluding hydrogens is 352 g/mol. The molecule has 0 saturated heterocycles. The molecule has 3 rings (SSSR count). The maximum Gasteiger partial charge on any atom is 0.226 e. The first-order valence-electron chi connectivity index (χ1n) is 8.45. The van der Waals surface area contributed by atoms with Crippen LogP contribution in [0.3, 0.4) is 0 Å². The molecule has 0 spiro atoms. The van der Waals surface area contributed by atoms with Gasteiger partial charge in [-0.25, -0.2) is 4.98 Å². The quantitative estimate of drug-likeness (QED) is 0.485. The molecule has 0 radical (unpaired) electrons. The number of halogens is 1. The van der Waals surface area contributed by atoms with E-state index in [0.717, 1.165) is 11.4 Å². The van der Waals surface area contributed by atoms with Gasteiger partial charge < -0.3 is 27.1 Å². The van der Waals surface area contributed by atoms with Crippen molar-refractivity contribution in [3.8, 4) is 0 Å².